The number of nitrogens with one attached hydrogen (secondary N) is 1. The zero-order valence-corrected chi connectivity index (χ0v) is 19.9. The van der Waals surface area contributed by atoms with Gasteiger partial charge in [-0.25, -0.2) is 18.1 Å². The number of anilines is 1. The predicted molar refractivity (Wildman–Crippen MR) is 129 cm³/mol. The first-order valence-electron chi connectivity index (χ1n) is 10.7. The van der Waals surface area contributed by atoms with E-state index in [9.17, 15) is 13.2 Å². The number of para-hydroxylation sites is 1. The minimum Gasteiger partial charge on any atom is -0.298 e. The SMILES string of the molecule is Cc1ccccc1-n1ncc(C(=O)Nc2nc3ccc(S(=O)(=O)N4CCCC4)cc3s2)c1C. The lowest BCUT2D eigenvalue weighted by Crippen LogP contribution is -2.27. The van der Waals surface area contributed by atoms with Crippen molar-refractivity contribution in [2.45, 2.75) is 31.6 Å². The molecule has 5 rings (SSSR count). The van der Waals surface area contributed by atoms with Gasteiger partial charge in [0, 0.05) is 13.1 Å². The molecule has 0 saturated carbocycles. The topological polar surface area (TPSA) is 97.2 Å². The van der Waals surface area contributed by atoms with E-state index in [4.69, 9.17) is 0 Å². The molecule has 1 amide bonds. The first-order chi connectivity index (χ1) is 15.8. The van der Waals surface area contributed by atoms with Crippen molar-refractivity contribution in [3.63, 3.8) is 0 Å². The minimum atomic E-state index is -3.51. The number of nitrogens with zero attached hydrogens (tertiary/aromatic N) is 4. The van der Waals surface area contributed by atoms with Gasteiger partial charge in [-0.15, -0.1) is 0 Å². The molecule has 33 heavy (non-hydrogen) atoms. The largest absolute Gasteiger partial charge is 0.298 e. The van der Waals surface area contributed by atoms with Crippen molar-refractivity contribution < 1.29 is 13.2 Å². The second-order valence-electron chi connectivity index (χ2n) is 8.06. The van der Waals surface area contributed by atoms with Crippen molar-refractivity contribution in [3.8, 4) is 5.69 Å². The maximum Gasteiger partial charge on any atom is 0.260 e. The van der Waals surface area contributed by atoms with Gasteiger partial charge >= 0.3 is 0 Å². The molecular weight excluding hydrogens is 458 g/mol. The molecule has 0 spiro atoms. The minimum absolute atomic E-state index is 0.258. The Morgan fingerprint density at radius 2 is 1.85 bits per heavy atom. The monoisotopic (exact) mass is 481 g/mol. The second kappa shape index (κ2) is 8.36. The Morgan fingerprint density at radius 1 is 1.09 bits per heavy atom. The van der Waals surface area contributed by atoms with Gasteiger partial charge in [0.15, 0.2) is 5.13 Å². The number of amides is 1. The summed E-state index contributed by atoms with van der Waals surface area (Å²) in [5, 5.41) is 7.64. The van der Waals surface area contributed by atoms with Crippen molar-refractivity contribution >= 4 is 42.6 Å². The van der Waals surface area contributed by atoms with Crippen LogP contribution in [0.1, 0.15) is 34.5 Å². The third-order valence-corrected chi connectivity index (χ3v) is 8.71. The number of hydrogen-bond acceptors (Lipinski definition) is 6. The summed E-state index contributed by atoms with van der Waals surface area (Å²) < 4.78 is 29.7. The lowest BCUT2D eigenvalue weighted by molar-refractivity contribution is 0.102. The van der Waals surface area contributed by atoms with Gasteiger partial charge in [0.1, 0.15) is 0 Å². The van der Waals surface area contributed by atoms with Gasteiger partial charge in [0.05, 0.1) is 38.3 Å². The van der Waals surface area contributed by atoms with Crippen molar-refractivity contribution in [1.29, 1.82) is 0 Å². The van der Waals surface area contributed by atoms with Crippen molar-refractivity contribution in [2.24, 2.45) is 0 Å². The van der Waals surface area contributed by atoms with Crippen LogP contribution in [-0.4, -0.2) is 46.5 Å². The normalized spacial score (nSPS) is 14.7. The molecule has 0 aliphatic carbocycles. The van der Waals surface area contributed by atoms with Crippen LogP contribution < -0.4 is 5.32 Å². The number of sulfonamides is 1. The molecule has 2 aromatic carbocycles. The van der Waals surface area contributed by atoms with Crippen molar-refractivity contribution in [2.75, 3.05) is 18.4 Å². The molecule has 0 unspecified atom stereocenters. The number of thiazole rings is 1. The lowest BCUT2D eigenvalue weighted by Gasteiger charge is -2.15. The second-order valence-corrected chi connectivity index (χ2v) is 11.0. The maximum atomic E-state index is 12.9. The van der Waals surface area contributed by atoms with Crippen LogP contribution in [0.4, 0.5) is 5.13 Å². The average Bonchev–Trinajstić information content (AvgIpc) is 3.53. The molecular formula is C23H23N5O3S2. The van der Waals surface area contributed by atoms with Crippen LogP contribution in [0.2, 0.25) is 0 Å². The summed E-state index contributed by atoms with van der Waals surface area (Å²) in [5.41, 5.74) is 3.79. The fraction of sp³-hybridized carbons (Fsp3) is 0.261. The Bertz CT molecular complexity index is 1470. The van der Waals surface area contributed by atoms with E-state index < -0.39 is 10.0 Å². The smallest absolute Gasteiger partial charge is 0.260 e. The zero-order valence-electron chi connectivity index (χ0n) is 18.3. The number of fused-ring (bicyclic) bond motifs is 1. The summed E-state index contributed by atoms with van der Waals surface area (Å²) in [7, 11) is -3.51. The molecule has 0 radical (unpaired) electrons. The van der Waals surface area contributed by atoms with Crippen LogP contribution in [0, 0.1) is 13.8 Å². The molecule has 1 aliphatic heterocycles. The first kappa shape index (κ1) is 21.7. The molecule has 1 fully saturated rings. The summed E-state index contributed by atoms with van der Waals surface area (Å²) in [6.07, 6.45) is 3.32. The van der Waals surface area contributed by atoms with Crippen LogP contribution in [0.25, 0.3) is 15.9 Å². The highest BCUT2D eigenvalue weighted by molar-refractivity contribution is 7.89. The Hall–Kier alpha value is -3.08. The van der Waals surface area contributed by atoms with Gasteiger partial charge in [-0.05, 0) is 56.5 Å². The molecule has 0 bridgehead atoms. The van der Waals surface area contributed by atoms with Crippen molar-refractivity contribution in [3.05, 3.63) is 65.5 Å². The first-order valence-corrected chi connectivity index (χ1v) is 12.9. The number of aryl methyl sites for hydroxylation is 1. The van der Waals surface area contributed by atoms with Crippen LogP contribution in [0.15, 0.2) is 53.6 Å². The lowest BCUT2D eigenvalue weighted by atomic mass is 10.2. The van der Waals surface area contributed by atoms with E-state index >= 15 is 0 Å². The quantitative estimate of drug-likeness (QED) is 0.462. The van der Waals surface area contributed by atoms with E-state index in [1.54, 1.807) is 29.1 Å². The standard InChI is InChI=1S/C23H23N5O3S2/c1-15-7-3-4-8-20(15)28-16(2)18(14-24-28)22(29)26-23-25-19-10-9-17(13-21(19)32-23)33(30,31)27-11-5-6-12-27/h3-4,7-10,13-14H,5-6,11-12H2,1-2H3,(H,25,26,29). The van der Waals surface area contributed by atoms with E-state index in [0.717, 1.165) is 29.8 Å². The van der Waals surface area contributed by atoms with Gasteiger partial charge in [-0.2, -0.15) is 9.40 Å². The number of aromatic nitrogens is 3. The van der Waals surface area contributed by atoms with E-state index in [0.29, 0.717) is 34.0 Å². The molecule has 0 atom stereocenters. The molecule has 8 nitrogen and oxygen atoms in total. The predicted octanol–water partition coefficient (Wildman–Crippen LogP) is 4.14. The molecule has 1 aliphatic rings. The van der Waals surface area contributed by atoms with Gasteiger partial charge in [-0.3, -0.25) is 10.1 Å². The number of carbonyl (C=O) groups is 1. The van der Waals surface area contributed by atoms with Gasteiger partial charge in [0.25, 0.3) is 5.91 Å². The van der Waals surface area contributed by atoms with E-state index in [1.165, 1.54) is 15.6 Å². The number of carbonyl (C=O) groups excluding carboxylic acids is 1. The number of rotatable bonds is 5. The fourth-order valence-corrected chi connectivity index (χ4v) is 6.56. The van der Waals surface area contributed by atoms with E-state index in [1.807, 2.05) is 38.1 Å². The van der Waals surface area contributed by atoms with Crippen LogP contribution >= 0.6 is 11.3 Å². The Balaban J connectivity index is 1.40. The highest BCUT2D eigenvalue weighted by Crippen LogP contribution is 2.30. The highest BCUT2D eigenvalue weighted by atomic mass is 32.2. The number of hydrogen-bond donors (Lipinski definition) is 1. The summed E-state index contributed by atoms with van der Waals surface area (Å²) in [4.78, 5) is 17.7. The third-order valence-electron chi connectivity index (χ3n) is 5.88. The van der Waals surface area contributed by atoms with E-state index in [-0.39, 0.29) is 10.8 Å². The van der Waals surface area contributed by atoms with Crippen LogP contribution in [-0.2, 0) is 10.0 Å². The van der Waals surface area contributed by atoms with E-state index in [2.05, 4.69) is 15.4 Å². The zero-order chi connectivity index (χ0) is 23.2. The third kappa shape index (κ3) is 3.94. The molecule has 3 heterocycles. The molecule has 10 heteroatoms. The Kier molecular flexibility index (Phi) is 5.51. The molecule has 1 saturated heterocycles. The van der Waals surface area contributed by atoms with Crippen molar-refractivity contribution in [1.82, 2.24) is 19.1 Å². The summed E-state index contributed by atoms with van der Waals surface area (Å²) in [6, 6.07) is 12.7. The maximum absolute atomic E-state index is 12.9. The van der Waals surface area contributed by atoms with Crippen LogP contribution in [0.3, 0.4) is 0 Å². The summed E-state index contributed by atoms with van der Waals surface area (Å²) >= 11 is 1.25. The molecule has 1 N–H and O–H groups in total. The van der Waals surface area contributed by atoms with Gasteiger partial charge < -0.3 is 0 Å². The average molecular weight is 482 g/mol. The molecule has 170 valence electrons. The van der Waals surface area contributed by atoms with Gasteiger partial charge in [0.2, 0.25) is 10.0 Å². The van der Waals surface area contributed by atoms with Crippen LogP contribution in [0.5, 0.6) is 0 Å². The number of benzene rings is 2. The fourth-order valence-electron chi connectivity index (χ4n) is 4.04. The highest BCUT2D eigenvalue weighted by Gasteiger charge is 2.27. The Morgan fingerprint density at radius 3 is 2.61 bits per heavy atom. The van der Waals surface area contributed by atoms with Gasteiger partial charge in [-0.1, -0.05) is 29.5 Å². The molecule has 4 aromatic rings. The summed E-state index contributed by atoms with van der Waals surface area (Å²) in [5.74, 6) is -0.309. The Labute approximate surface area is 195 Å². The molecule has 2 aromatic heterocycles. The summed E-state index contributed by atoms with van der Waals surface area (Å²) in [6.45, 7) is 4.96.